The predicted molar refractivity (Wildman–Crippen MR) is 130 cm³/mol. The Kier molecular flexibility index (Phi) is 10.7. The number of nitrogens with zero attached hydrogens (tertiary/aromatic N) is 2. The largest absolute Gasteiger partial charge is 0.497 e. The third-order valence-electron chi connectivity index (χ3n) is 5.15. The van der Waals surface area contributed by atoms with E-state index in [9.17, 15) is 19.7 Å². The molecule has 33 heavy (non-hydrogen) atoms. The number of methoxy groups -OCH3 is 1. The number of thioether (sulfide) groups is 1. The molecule has 0 aromatic heterocycles. The quantitative estimate of drug-likeness (QED) is 0.266. The molecule has 0 bridgehead atoms. The molecule has 0 aliphatic heterocycles. The zero-order valence-corrected chi connectivity index (χ0v) is 20.1. The first kappa shape index (κ1) is 26.2. The van der Waals surface area contributed by atoms with Gasteiger partial charge in [-0.2, -0.15) is 0 Å². The van der Waals surface area contributed by atoms with Gasteiger partial charge in [0.25, 0.3) is 5.69 Å². The van der Waals surface area contributed by atoms with Gasteiger partial charge in [0.15, 0.2) is 0 Å². The van der Waals surface area contributed by atoms with Crippen LogP contribution in [0.5, 0.6) is 5.75 Å². The highest BCUT2D eigenvalue weighted by Gasteiger charge is 2.25. The van der Waals surface area contributed by atoms with Gasteiger partial charge in [-0.1, -0.05) is 37.6 Å². The van der Waals surface area contributed by atoms with Crippen LogP contribution in [0.1, 0.15) is 37.8 Å². The second-order valence-corrected chi connectivity index (χ2v) is 8.59. The molecule has 1 N–H and O–H groups in total. The molecule has 0 spiro atoms. The van der Waals surface area contributed by atoms with Gasteiger partial charge in [0.05, 0.1) is 17.8 Å². The van der Waals surface area contributed by atoms with Gasteiger partial charge < -0.3 is 15.0 Å². The molecule has 1 unspecified atom stereocenters. The molecular formula is C24H31N3O5S. The molecule has 0 fully saturated rings. The van der Waals surface area contributed by atoms with Crippen LogP contribution in [0.2, 0.25) is 0 Å². The first-order valence-corrected chi connectivity index (χ1v) is 12.0. The lowest BCUT2D eigenvalue weighted by molar-refractivity contribution is -0.384. The molecule has 2 rings (SSSR count). The summed E-state index contributed by atoms with van der Waals surface area (Å²) in [6.45, 7) is 4.68. The monoisotopic (exact) mass is 473 g/mol. The number of ether oxygens (including phenoxy) is 1. The standard InChI is InChI=1S/C24H31N3O5S/c1-4-5-14-25-24(29)18(2)26(15-19-8-12-22(32-3)13-9-19)23(28)17-33-16-20-6-10-21(11-7-20)27(30)31/h6-13,18H,4-5,14-17H2,1-3H3,(H,25,29). The number of amides is 2. The van der Waals surface area contributed by atoms with E-state index in [1.165, 1.54) is 23.9 Å². The molecular weight excluding hydrogens is 442 g/mol. The van der Waals surface area contributed by atoms with Crippen molar-refractivity contribution in [2.75, 3.05) is 19.4 Å². The van der Waals surface area contributed by atoms with E-state index >= 15 is 0 Å². The van der Waals surface area contributed by atoms with Gasteiger partial charge in [-0.25, -0.2) is 0 Å². The van der Waals surface area contributed by atoms with E-state index in [4.69, 9.17) is 4.74 Å². The number of carbonyl (C=O) groups excluding carboxylic acids is 2. The number of nitrogens with one attached hydrogen (secondary N) is 1. The van der Waals surface area contributed by atoms with Gasteiger partial charge >= 0.3 is 0 Å². The van der Waals surface area contributed by atoms with Crippen LogP contribution in [0.3, 0.4) is 0 Å². The van der Waals surface area contributed by atoms with Gasteiger partial charge in [-0.15, -0.1) is 11.8 Å². The van der Waals surface area contributed by atoms with E-state index in [1.54, 1.807) is 31.1 Å². The summed E-state index contributed by atoms with van der Waals surface area (Å²) in [5, 5.41) is 13.7. The fourth-order valence-corrected chi connectivity index (χ4v) is 3.97. The molecule has 0 aliphatic rings. The molecule has 178 valence electrons. The normalized spacial score (nSPS) is 11.5. The highest BCUT2D eigenvalue weighted by molar-refractivity contribution is 7.99. The molecule has 0 saturated heterocycles. The smallest absolute Gasteiger partial charge is 0.269 e. The molecule has 0 aliphatic carbocycles. The van der Waals surface area contributed by atoms with Crippen molar-refractivity contribution in [3.63, 3.8) is 0 Å². The Balaban J connectivity index is 2.03. The maximum absolute atomic E-state index is 13.1. The molecule has 2 aromatic carbocycles. The van der Waals surface area contributed by atoms with Crippen LogP contribution in [-0.2, 0) is 21.9 Å². The number of non-ortho nitro benzene ring substituents is 1. The van der Waals surface area contributed by atoms with Gasteiger partial charge in [-0.05, 0) is 36.6 Å². The summed E-state index contributed by atoms with van der Waals surface area (Å²) in [4.78, 5) is 37.7. The number of hydrogen-bond donors (Lipinski definition) is 1. The van der Waals surface area contributed by atoms with Gasteiger partial charge in [0.2, 0.25) is 11.8 Å². The molecule has 0 heterocycles. The van der Waals surface area contributed by atoms with Crippen molar-refractivity contribution >= 4 is 29.3 Å². The first-order valence-electron chi connectivity index (χ1n) is 10.9. The van der Waals surface area contributed by atoms with Crippen LogP contribution >= 0.6 is 11.8 Å². The molecule has 9 heteroatoms. The van der Waals surface area contributed by atoms with E-state index < -0.39 is 11.0 Å². The van der Waals surface area contributed by atoms with Crippen molar-refractivity contribution in [1.29, 1.82) is 0 Å². The fourth-order valence-electron chi connectivity index (χ4n) is 3.10. The highest BCUT2D eigenvalue weighted by Crippen LogP contribution is 2.19. The third-order valence-corrected chi connectivity index (χ3v) is 6.14. The van der Waals surface area contributed by atoms with Crippen LogP contribution in [0.4, 0.5) is 5.69 Å². The van der Waals surface area contributed by atoms with Gasteiger partial charge in [-0.3, -0.25) is 19.7 Å². The number of nitro groups is 1. The Morgan fingerprint density at radius 1 is 1.12 bits per heavy atom. The number of hydrogen-bond acceptors (Lipinski definition) is 6. The molecule has 0 saturated carbocycles. The predicted octanol–water partition coefficient (Wildman–Crippen LogP) is 4.17. The van der Waals surface area contributed by atoms with Crippen LogP contribution < -0.4 is 10.1 Å². The topological polar surface area (TPSA) is 102 Å². The minimum atomic E-state index is -0.614. The van der Waals surface area contributed by atoms with E-state index in [0.717, 1.165) is 29.7 Å². The maximum atomic E-state index is 13.1. The summed E-state index contributed by atoms with van der Waals surface area (Å²) in [5.41, 5.74) is 1.83. The van der Waals surface area contributed by atoms with Crippen molar-refractivity contribution < 1.29 is 19.2 Å². The van der Waals surface area contributed by atoms with Crippen LogP contribution in [0.15, 0.2) is 48.5 Å². The van der Waals surface area contributed by atoms with Crippen molar-refractivity contribution in [2.24, 2.45) is 0 Å². The van der Waals surface area contributed by atoms with E-state index in [-0.39, 0.29) is 23.3 Å². The number of nitro benzene ring substituents is 1. The lowest BCUT2D eigenvalue weighted by Gasteiger charge is -2.29. The molecule has 2 aromatic rings. The third kappa shape index (κ3) is 8.42. The Morgan fingerprint density at radius 3 is 2.33 bits per heavy atom. The minimum Gasteiger partial charge on any atom is -0.497 e. The SMILES string of the molecule is CCCCNC(=O)C(C)N(Cc1ccc(OC)cc1)C(=O)CSCc1ccc([N+](=O)[O-])cc1. The second kappa shape index (κ2) is 13.5. The Morgan fingerprint density at radius 2 is 1.76 bits per heavy atom. The average Bonchev–Trinajstić information content (AvgIpc) is 2.82. The summed E-state index contributed by atoms with van der Waals surface area (Å²) in [6.07, 6.45) is 1.86. The molecule has 2 amide bonds. The van der Waals surface area contributed by atoms with E-state index in [2.05, 4.69) is 12.2 Å². The summed E-state index contributed by atoms with van der Waals surface area (Å²) >= 11 is 1.41. The van der Waals surface area contributed by atoms with Crippen molar-refractivity contribution in [2.45, 2.75) is 45.0 Å². The maximum Gasteiger partial charge on any atom is 0.269 e. The summed E-state index contributed by atoms with van der Waals surface area (Å²) in [5.74, 6) is 1.14. The van der Waals surface area contributed by atoms with Crippen LogP contribution in [-0.4, -0.2) is 47.1 Å². The number of benzene rings is 2. The van der Waals surface area contributed by atoms with Gasteiger partial charge in [0, 0.05) is 31.0 Å². The fraction of sp³-hybridized carbons (Fsp3) is 0.417. The number of rotatable bonds is 13. The van der Waals surface area contributed by atoms with Gasteiger partial charge in [0.1, 0.15) is 11.8 Å². The first-order chi connectivity index (χ1) is 15.8. The second-order valence-electron chi connectivity index (χ2n) is 7.61. The van der Waals surface area contributed by atoms with E-state index in [1.807, 2.05) is 24.3 Å². The number of carbonyl (C=O) groups is 2. The zero-order chi connectivity index (χ0) is 24.2. The van der Waals surface area contributed by atoms with Crippen molar-refractivity contribution in [1.82, 2.24) is 10.2 Å². The highest BCUT2D eigenvalue weighted by atomic mass is 32.2. The molecule has 1 atom stereocenters. The summed E-state index contributed by atoms with van der Waals surface area (Å²) in [7, 11) is 1.59. The zero-order valence-electron chi connectivity index (χ0n) is 19.3. The van der Waals surface area contributed by atoms with Crippen molar-refractivity contribution in [3.05, 3.63) is 69.8 Å². The number of unbranched alkanes of at least 4 members (excludes halogenated alkanes) is 1. The summed E-state index contributed by atoms with van der Waals surface area (Å²) in [6, 6.07) is 13.1. The Bertz CT molecular complexity index is 919. The Labute approximate surface area is 198 Å². The lowest BCUT2D eigenvalue weighted by atomic mass is 10.1. The lowest BCUT2D eigenvalue weighted by Crippen LogP contribution is -2.48. The average molecular weight is 474 g/mol. The molecule has 0 radical (unpaired) electrons. The minimum absolute atomic E-state index is 0.0356. The molecule has 8 nitrogen and oxygen atoms in total. The Hall–Kier alpha value is -3.07. The van der Waals surface area contributed by atoms with Crippen LogP contribution in [0, 0.1) is 10.1 Å². The summed E-state index contributed by atoms with van der Waals surface area (Å²) < 4.78 is 5.19. The van der Waals surface area contributed by atoms with E-state index in [0.29, 0.717) is 18.8 Å². The van der Waals surface area contributed by atoms with Crippen LogP contribution in [0.25, 0.3) is 0 Å². The van der Waals surface area contributed by atoms with Crippen molar-refractivity contribution in [3.8, 4) is 5.75 Å².